The zero-order chi connectivity index (χ0) is 34.4. The molecule has 0 spiro atoms. The maximum atomic E-state index is 13.3. The molecular weight excluding hydrogens is 588 g/mol. The zero-order valence-corrected chi connectivity index (χ0v) is 29.4. The van der Waals surface area contributed by atoms with Crippen LogP contribution in [0.25, 0.3) is 0 Å². The lowest BCUT2D eigenvalue weighted by atomic mass is 9.79. The summed E-state index contributed by atoms with van der Waals surface area (Å²) in [4.78, 5) is 13.3. The summed E-state index contributed by atoms with van der Waals surface area (Å²) in [5.41, 5.74) is 0.764. The second kappa shape index (κ2) is 19.8. The smallest absolute Gasteiger partial charge is 0.308 e. The number of hydrogen-bond donors (Lipinski definition) is 4. The minimum atomic E-state index is -0.996. The standard InChI is InChI=1S/C37H62O9/c1-24(15-14-20-38)21-31(39)26(3)32(40)22-30-19-13-18-29(43-8)17-12-10-9-11-16-25(2)35-28(5)36(46-37(6,7)45-35)27(4)33(41)23-34(42)44-30/h9-12,14-15,21,25-33,35-36,38-41H,13,16-20,22-23H2,1-8H3/b11-9+,12-10-,15-14+,24-21+/t25-,26+,27+,28-,29+,30+,31+,32-,33+,35+,36-/m0/s1. The molecule has 0 aromatic carbocycles. The highest BCUT2D eigenvalue weighted by Gasteiger charge is 2.46. The number of carbonyl (C=O) groups is 1. The van der Waals surface area contributed by atoms with E-state index in [9.17, 15) is 20.1 Å². The Hall–Kier alpha value is -1.85. The zero-order valence-electron chi connectivity index (χ0n) is 29.4. The van der Waals surface area contributed by atoms with Crippen LogP contribution in [-0.2, 0) is 23.7 Å². The van der Waals surface area contributed by atoms with E-state index in [4.69, 9.17) is 24.1 Å². The summed E-state index contributed by atoms with van der Waals surface area (Å²) in [6.45, 7) is 13.4. The van der Waals surface area contributed by atoms with Gasteiger partial charge in [-0.3, -0.25) is 4.79 Å². The molecule has 0 saturated carbocycles. The summed E-state index contributed by atoms with van der Waals surface area (Å²) in [5, 5.41) is 42.1. The Morgan fingerprint density at radius 3 is 2.37 bits per heavy atom. The number of aliphatic hydroxyl groups is 4. The summed E-state index contributed by atoms with van der Waals surface area (Å²) in [7, 11) is 1.69. The van der Waals surface area contributed by atoms with Gasteiger partial charge in [0, 0.05) is 31.3 Å². The molecule has 0 aromatic rings. The molecule has 2 heterocycles. The molecule has 0 radical (unpaired) electrons. The predicted molar refractivity (Wildman–Crippen MR) is 180 cm³/mol. The van der Waals surface area contributed by atoms with Crippen molar-refractivity contribution in [2.75, 3.05) is 13.7 Å². The predicted octanol–water partition coefficient (Wildman–Crippen LogP) is 5.41. The normalized spacial score (nSPS) is 35.9. The largest absolute Gasteiger partial charge is 0.462 e. The highest BCUT2D eigenvalue weighted by atomic mass is 16.7. The molecule has 0 aromatic heterocycles. The Labute approximate surface area is 277 Å². The minimum Gasteiger partial charge on any atom is -0.462 e. The maximum Gasteiger partial charge on any atom is 0.308 e. The number of esters is 1. The van der Waals surface area contributed by atoms with Gasteiger partial charge in [-0.05, 0) is 58.8 Å². The van der Waals surface area contributed by atoms with Gasteiger partial charge in [0.25, 0.3) is 0 Å². The Bertz CT molecular complexity index is 1020. The fraction of sp³-hybridized carbons (Fsp3) is 0.757. The third-order valence-corrected chi connectivity index (χ3v) is 9.48. The summed E-state index contributed by atoms with van der Waals surface area (Å²) < 4.78 is 24.3. The molecular formula is C37H62O9. The number of hydrogen-bond acceptors (Lipinski definition) is 9. The molecule has 0 amide bonds. The van der Waals surface area contributed by atoms with Crippen molar-refractivity contribution in [3.63, 3.8) is 0 Å². The van der Waals surface area contributed by atoms with Crippen LogP contribution >= 0.6 is 0 Å². The topological polar surface area (TPSA) is 135 Å². The Morgan fingerprint density at radius 2 is 1.72 bits per heavy atom. The van der Waals surface area contributed by atoms with Crippen LogP contribution in [0.2, 0.25) is 0 Å². The number of aliphatic hydroxyl groups excluding tert-OH is 4. The van der Waals surface area contributed by atoms with Gasteiger partial charge in [0.1, 0.15) is 6.10 Å². The van der Waals surface area contributed by atoms with Gasteiger partial charge in [-0.25, -0.2) is 0 Å². The van der Waals surface area contributed by atoms with Crippen LogP contribution in [0.15, 0.2) is 48.1 Å². The third kappa shape index (κ3) is 13.3. The van der Waals surface area contributed by atoms with E-state index in [1.54, 1.807) is 32.3 Å². The Morgan fingerprint density at radius 1 is 1.07 bits per heavy atom. The van der Waals surface area contributed by atoms with Crippen molar-refractivity contribution in [1.29, 1.82) is 0 Å². The Balaban J connectivity index is 2.27. The molecule has 0 unspecified atom stereocenters. The summed E-state index contributed by atoms with van der Waals surface area (Å²) in [6.07, 6.45) is 12.8. The fourth-order valence-corrected chi connectivity index (χ4v) is 6.49. The average molecular weight is 651 g/mol. The van der Waals surface area contributed by atoms with E-state index < -0.39 is 42.1 Å². The number of ether oxygens (including phenoxy) is 4. The van der Waals surface area contributed by atoms with Crippen LogP contribution in [0.5, 0.6) is 0 Å². The molecule has 0 aliphatic carbocycles. The van der Waals surface area contributed by atoms with Crippen LogP contribution in [0, 0.1) is 23.7 Å². The first kappa shape index (κ1) is 40.3. The lowest BCUT2D eigenvalue weighted by Gasteiger charge is -2.49. The van der Waals surface area contributed by atoms with E-state index in [1.807, 2.05) is 33.8 Å². The van der Waals surface area contributed by atoms with E-state index in [0.717, 1.165) is 24.8 Å². The number of cyclic esters (lactones) is 1. The summed E-state index contributed by atoms with van der Waals surface area (Å²) >= 11 is 0. The third-order valence-electron chi connectivity index (χ3n) is 9.48. The van der Waals surface area contributed by atoms with E-state index >= 15 is 0 Å². The van der Waals surface area contributed by atoms with Gasteiger partial charge < -0.3 is 39.4 Å². The second-order valence-electron chi connectivity index (χ2n) is 13.9. The molecule has 2 aliphatic rings. The van der Waals surface area contributed by atoms with E-state index in [0.29, 0.717) is 12.8 Å². The molecule has 2 aliphatic heterocycles. The lowest BCUT2D eigenvalue weighted by Crippen LogP contribution is -2.55. The van der Waals surface area contributed by atoms with Crippen LogP contribution in [0.4, 0.5) is 0 Å². The number of rotatable bonds is 8. The minimum absolute atomic E-state index is 0.00500. The van der Waals surface area contributed by atoms with E-state index in [-0.39, 0.29) is 55.5 Å². The van der Waals surface area contributed by atoms with Crippen molar-refractivity contribution in [2.24, 2.45) is 23.7 Å². The SMILES string of the molecule is CO[C@@H]1C/C=C\C=C\C[C@H](C)[C@H]2OC(C)(C)O[C@H]([C@H]2C)[C@H](C)[C@H](O)CC(=O)O[C@@H](C[C@H](O)[C@H](C)[C@H](O)/C=C(C)/C=C/CO)CCC1. The van der Waals surface area contributed by atoms with Gasteiger partial charge in [0.15, 0.2) is 5.79 Å². The molecule has 2 bridgehead atoms. The van der Waals surface area contributed by atoms with Crippen molar-refractivity contribution in [2.45, 2.75) is 142 Å². The number of allylic oxidation sites excluding steroid dienone is 5. The quantitative estimate of drug-likeness (QED) is 0.201. The Kier molecular flexibility index (Phi) is 17.4. The fourth-order valence-electron chi connectivity index (χ4n) is 6.49. The summed E-state index contributed by atoms with van der Waals surface area (Å²) in [5.74, 6) is -2.08. The molecule has 1 fully saturated rings. The monoisotopic (exact) mass is 650 g/mol. The highest BCUT2D eigenvalue weighted by molar-refractivity contribution is 5.70. The van der Waals surface area contributed by atoms with Crippen molar-refractivity contribution < 1.29 is 44.2 Å². The van der Waals surface area contributed by atoms with Crippen LogP contribution < -0.4 is 0 Å². The molecule has 46 heavy (non-hydrogen) atoms. The van der Waals surface area contributed by atoms with E-state index in [2.05, 4.69) is 32.1 Å². The van der Waals surface area contributed by atoms with Gasteiger partial charge in [0.05, 0.1) is 49.7 Å². The molecule has 4 N–H and O–H groups in total. The van der Waals surface area contributed by atoms with Crippen molar-refractivity contribution in [3.8, 4) is 0 Å². The van der Waals surface area contributed by atoms with Crippen molar-refractivity contribution in [1.82, 2.24) is 0 Å². The number of carbonyl (C=O) groups excluding carboxylic acids is 1. The van der Waals surface area contributed by atoms with Gasteiger partial charge >= 0.3 is 5.97 Å². The molecule has 11 atom stereocenters. The van der Waals surface area contributed by atoms with Crippen molar-refractivity contribution >= 4 is 5.97 Å². The van der Waals surface area contributed by atoms with Crippen LogP contribution in [0.3, 0.4) is 0 Å². The molecule has 264 valence electrons. The van der Waals surface area contributed by atoms with E-state index in [1.165, 1.54) is 0 Å². The molecule has 9 heteroatoms. The van der Waals surface area contributed by atoms with Crippen LogP contribution in [-0.4, -0.2) is 88.6 Å². The highest BCUT2D eigenvalue weighted by Crippen LogP contribution is 2.39. The number of methoxy groups -OCH3 is 1. The lowest BCUT2D eigenvalue weighted by molar-refractivity contribution is -0.337. The average Bonchev–Trinajstić information content (AvgIpc) is 2.99. The molecule has 1 saturated heterocycles. The van der Waals surface area contributed by atoms with Crippen molar-refractivity contribution in [3.05, 3.63) is 48.1 Å². The van der Waals surface area contributed by atoms with Gasteiger partial charge in [-0.1, -0.05) is 75.8 Å². The first-order valence-electron chi connectivity index (χ1n) is 17.1. The second-order valence-corrected chi connectivity index (χ2v) is 13.9. The maximum absolute atomic E-state index is 13.3. The van der Waals surface area contributed by atoms with Gasteiger partial charge in [-0.15, -0.1) is 0 Å². The van der Waals surface area contributed by atoms with Crippen LogP contribution in [0.1, 0.15) is 93.4 Å². The van der Waals surface area contributed by atoms with Gasteiger partial charge in [-0.2, -0.15) is 0 Å². The van der Waals surface area contributed by atoms with Gasteiger partial charge in [0.2, 0.25) is 0 Å². The molecule has 9 nitrogen and oxygen atoms in total. The number of fused-ring (bicyclic) bond motifs is 2. The molecule has 2 rings (SSSR count). The first-order chi connectivity index (χ1) is 21.7. The summed E-state index contributed by atoms with van der Waals surface area (Å²) in [6, 6.07) is 0. The first-order valence-corrected chi connectivity index (χ1v) is 17.1.